The Hall–Kier alpha value is -0.410. The van der Waals surface area contributed by atoms with Crippen LogP contribution in [0.15, 0.2) is 22.7 Å². The number of benzene rings is 1. The first-order valence-corrected chi connectivity index (χ1v) is 5.15. The maximum atomic E-state index is 12.7. The number of rotatable bonds is 3. The fourth-order valence-electron chi connectivity index (χ4n) is 1.27. The first kappa shape index (κ1) is 10.7. The summed E-state index contributed by atoms with van der Waals surface area (Å²) in [6.07, 6.45) is 1.95. The Labute approximate surface area is 86.3 Å². The number of halogens is 2. The molecule has 0 saturated carbocycles. The third-order valence-electron chi connectivity index (χ3n) is 1.96. The second kappa shape index (κ2) is 4.72. The molecule has 2 N–H and O–H groups in total. The molecule has 1 atom stereocenters. The van der Waals surface area contributed by atoms with E-state index < -0.39 is 0 Å². The minimum absolute atomic E-state index is 0.0000231. The van der Waals surface area contributed by atoms with Crippen LogP contribution >= 0.6 is 15.9 Å². The molecule has 72 valence electrons. The molecular weight excluding hydrogens is 233 g/mol. The van der Waals surface area contributed by atoms with Crippen molar-refractivity contribution >= 4 is 15.9 Å². The van der Waals surface area contributed by atoms with E-state index in [-0.39, 0.29) is 11.9 Å². The van der Waals surface area contributed by atoms with Crippen molar-refractivity contribution in [3.05, 3.63) is 34.1 Å². The topological polar surface area (TPSA) is 26.0 Å². The van der Waals surface area contributed by atoms with Crippen molar-refractivity contribution in [2.75, 3.05) is 0 Å². The van der Waals surface area contributed by atoms with Crippen molar-refractivity contribution in [3.8, 4) is 0 Å². The first-order chi connectivity index (χ1) is 6.15. The van der Waals surface area contributed by atoms with E-state index in [2.05, 4.69) is 22.9 Å². The van der Waals surface area contributed by atoms with Crippen LogP contribution in [0.2, 0.25) is 0 Å². The lowest BCUT2D eigenvalue weighted by Gasteiger charge is -2.12. The van der Waals surface area contributed by atoms with E-state index in [1.807, 2.05) is 0 Å². The third-order valence-corrected chi connectivity index (χ3v) is 2.65. The summed E-state index contributed by atoms with van der Waals surface area (Å²) in [6, 6.07) is 4.63. The third kappa shape index (κ3) is 2.78. The molecule has 0 saturated heterocycles. The Morgan fingerprint density at radius 2 is 2.23 bits per heavy atom. The van der Waals surface area contributed by atoms with Crippen molar-refractivity contribution in [2.24, 2.45) is 5.73 Å². The standard InChI is InChI=1S/C10H13BrFN/c1-2-3-10(13)8-5-4-7(12)6-9(8)11/h4-6,10H,2-3,13H2,1H3/t10-/m1/s1. The molecule has 1 aromatic carbocycles. The van der Waals surface area contributed by atoms with Gasteiger partial charge in [-0.3, -0.25) is 0 Å². The zero-order valence-corrected chi connectivity index (χ0v) is 9.14. The SMILES string of the molecule is CCC[C@@H](N)c1ccc(F)cc1Br. The minimum atomic E-state index is -0.237. The van der Waals surface area contributed by atoms with E-state index >= 15 is 0 Å². The fourth-order valence-corrected chi connectivity index (χ4v) is 1.91. The minimum Gasteiger partial charge on any atom is -0.324 e. The van der Waals surface area contributed by atoms with Gasteiger partial charge >= 0.3 is 0 Å². The molecule has 1 nitrogen and oxygen atoms in total. The zero-order valence-electron chi connectivity index (χ0n) is 7.56. The monoisotopic (exact) mass is 245 g/mol. The number of hydrogen-bond donors (Lipinski definition) is 1. The van der Waals surface area contributed by atoms with E-state index in [4.69, 9.17) is 5.73 Å². The van der Waals surface area contributed by atoms with Crippen LogP contribution in [0.3, 0.4) is 0 Å². The summed E-state index contributed by atoms with van der Waals surface area (Å²) in [5.41, 5.74) is 6.88. The van der Waals surface area contributed by atoms with Gasteiger partial charge in [0.1, 0.15) is 5.82 Å². The highest BCUT2D eigenvalue weighted by Gasteiger charge is 2.08. The molecule has 0 heterocycles. The van der Waals surface area contributed by atoms with Gasteiger partial charge in [0.05, 0.1) is 0 Å². The number of hydrogen-bond acceptors (Lipinski definition) is 1. The summed E-state index contributed by atoms with van der Waals surface area (Å²) in [5.74, 6) is -0.237. The maximum Gasteiger partial charge on any atom is 0.124 e. The van der Waals surface area contributed by atoms with Gasteiger partial charge in [0.2, 0.25) is 0 Å². The summed E-state index contributed by atoms with van der Waals surface area (Å²) >= 11 is 3.30. The molecule has 0 aliphatic rings. The van der Waals surface area contributed by atoms with Crippen LogP contribution in [-0.4, -0.2) is 0 Å². The number of nitrogens with two attached hydrogens (primary N) is 1. The average Bonchev–Trinajstić information content (AvgIpc) is 2.04. The van der Waals surface area contributed by atoms with Gasteiger partial charge in [-0.2, -0.15) is 0 Å². The van der Waals surface area contributed by atoms with Crippen molar-refractivity contribution in [1.82, 2.24) is 0 Å². The Morgan fingerprint density at radius 1 is 1.54 bits per heavy atom. The van der Waals surface area contributed by atoms with Gasteiger partial charge in [0.15, 0.2) is 0 Å². The highest BCUT2D eigenvalue weighted by molar-refractivity contribution is 9.10. The molecular formula is C10H13BrFN. The zero-order chi connectivity index (χ0) is 9.84. The molecule has 0 aliphatic heterocycles. The quantitative estimate of drug-likeness (QED) is 0.869. The summed E-state index contributed by atoms with van der Waals surface area (Å²) < 4.78 is 13.5. The van der Waals surface area contributed by atoms with Crippen molar-refractivity contribution < 1.29 is 4.39 Å². The Bertz CT molecular complexity index is 288. The molecule has 1 rings (SSSR count). The fraction of sp³-hybridized carbons (Fsp3) is 0.400. The molecule has 0 spiro atoms. The average molecular weight is 246 g/mol. The van der Waals surface area contributed by atoms with Crippen LogP contribution in [0.1, 0.15) is 31.4 Å². The van der Waals surface area contributed by atoms with Gasteiger partial charge in [-0.25, -0.2) is 4.39 Å². The van der Waals surface area contributed by atoms with E-state index in [0.29, 0.717) is 0 Å². The van der Waals surface area contributed by atoms with Crippen LogP contribution in [0, 0.1) is 5.82 Å². The molecule has 0 fully saturated rings. The van der Waals surface area contributed by atoms with Gasteiger partial charge in [-0.1, -0.05) is 35.3 Å². The lowest BCUT2D eigenvalue weighted by atomic mass is 10.0. The molecule has 0 aromatic heterocycles. The maximum absolute atomic E-state index is 12.7. The van der Waals surface area contributed by atoms with Gasteiger partial charge in [-0.15, -0.1) is 0 Å². The predicted octanol–water partition coefficient (Wildman–Crippen LogP) is 3.39. The summed E-state index contributed by atoms with van der Waals surface area (Å²) in [4.78, 5) is 0. The second-order valence-corrected chi connectivity index (χ2v) is 3.92. The lowest BCUT2D eigenvalue weighted by molar-refractivity contribution is 0.613. The molecule has 13 heavy (non-hydrogen) atoms. The van der Waals surface area contributed by atoms with Gasteiger partial charge in [-0.05, 0) is 24.1 Å². The van der Waals surface area contributed by atoms with Crippen molar-refractivity contribution in [2.45, 2.75) is 25.8 Å². The summed E-state index contributed by atoms with van der Waals surface area (Å²) in [5, 5.41) is 0. The smallest absolute Gasteiger partial charge is 0.124 e. The predicted molar refractivity (Wildman–Crippen MR) is 55.9 cm³/mol. The van der Waals surface area contributed by atoms with Crippen LogP contribution < -0.4 is 5.73 Å². The molecule has 0 unspecified atom stereocenters. The molecule has 0 aliphatic carbocycles. The van der Waals surface area contributed by atoms with E-state index in [1.165, 1.54) is 12.1 Å². The normalized spacial score (nSPS) is 12.9. The van der Waals surface area contributed by atoms with Gasteiger partial charge in [0.25, 0.3) is 0 Å². The van der Waals surface area contributed by atoms with E-state index in [9.17, 15) is 4.39 Å². The second-order valence-electron chi connectivity index (χ2n) is 3.06. The van der Waals surface area contributed by atoms with Gasteiger partial charge < -0.3 is 5.73 Å². The molecule has 0 radical (unpaired) electrons. The first-order valence-electron chi connectivity index (χ1n) is 4.35. The van der Waals surface area contributed by atoms with Crippen LogP contribution in [0.25, 0.3) is 0 Å². The van der Waals surface area contributed by atoms with Crippen LogP contribution in [0.4, 0.5) is 4.39 Å². The van der Waals surface area contributed by atoms with Crippen molar-refractivity contribution in [3.63, 3.8) is 0 Å². The highest BCUT2D eigenvalue weighted by atomic mass is 79.9. The van der Waals surface area contributed by atoms with Crippen LogP contribution in [-0.2, 0) is 0 Å². The Morgan fingerprint density at radius 3 is 2.77 bits per heavy atom. The van der Waals surface area contributed by atoms with E-state index in [1.54, 1.807) is 6.07 Å². The molecule has 3 heteroatoms. The summed E-state index contributed by atoms with van der Waals surface area (Å²) in [6.45, 7) is 2.08. The molecule has 1 aromatic rings. The summed E-state index contributed by atoms with van der Waals surface area (Å²) in [7, 11) is 0. The molecule has 0 bridgehead atoms. The Balaban J connectivity index is 2.88. The molecule has 0 amide bonds. The lowest BCUT2D eigenvalue weighted by Crippen LogP contribution is -2.10. The highest BCUT2D eigenvalue weighted by Crippen LogP contribution is 2.25. The van der Waals surface area contributed by atoms with Crippen molar-refractivity contribution in [1.29, 1.82) is 0 Å². The van der Waals surface area contributed by atoms with Crippen LogP contribution in [0.5, 0.6) is 0 Å². The Kier molecular flexibility index (Phi) is 3.88. The largest absolute Gasteiger partial charge is 0.324 e. The van der Waals surface area contributed by atoms with E-state index in [0.717, 1.165) is 22.9 Å². The van der Waals surface area contributed by atoms with Gasteiger partial charge in [0, 0.05) is 10.5 Å².